The van der Waals surface area contributed by atoms with Crippen molar-refractivity contribution in [3.8, 4) is 11.3 Å². The van der Waals surface area contributed by atoms with Gasteiger partial charge in [-0.25, -0.2) is 5.46 Å². The summed E-state index contributed by atoms with van der Waals surface area (Å²) in [4.78, 5) is 0. The first-order valence-electron chi connectivity index (χ1n) is 10.7. The van der Waals surface area contributed by atoms with Crippen LogP contribution >= 0.6 is 0 Å². The Hall–Kier alpha value is -3.32. The van der Waals surface area contributed by atoms with Gasteiger partial charge in [0.1, 0.15) is 5.69 Å². The van der Waals surface area contributed by atoms with Gasteiger partial charge in [0, 0.05) is 44.3 Å². The summed E-state index contributed by atoms with van der Waals surface area (Å²) in [6.07, 6.45) is 0. The summed E-state index contributed by atoms with van der Waals surface area (Å²) in [7, 11) is 0. The minimum absolute atomic E-state index is 0.587. The average molecular weight is 336 g/mol. The summed E-state index contributed by atoms with van der Waals surface area (Å²) in [5.74, 6) is 0. The molecule has 0 saturated carbocycles. The molecule has 0 bridgehead atoms. The van der Waals surface area contributed by atoms with Gasteiger partial charge in [-0.3, -0.25) is 0 Å². The summed E-state index contributed by atoms with van der Waals surface area (Å²) in [6.45, 7) is 1.22. The quantitative estimate of drug-likeness (QED) is 0.375. The van der Waals surface area contributed by atoms with Gasteiger partial charge >= 0.3 is 6.74 Å². The van der Waals surface area contributed by atoms with Crippen molar-refractivity contribution in [2.75, 3.05) is 0 Å². The number of fused-ring (bicyclic) bond motifs is 29. The van der Waals surface area contributed by atoms with Crippen molar-refractivity contribution in [1.82, 2.24) is 0 Å². The van der Waals surface area contributed by atoms with Crippen LogP contribution in [0, 0.1) is 0 Å². The van der Waals surface area contributed by atoms with Crippen LogP contribution in [0.5, 0.6) is 0 Å². The van der Waals surface area contributed by atoms with Gasteiger partial charge in [-0.15, -0.1) is 0 Å². The van der Waals surface area contributed by atoms with Crippen LogP contribution in [0.4, 0.5) is 0 Å². The highest BCUT2D eigenvalue weighted by molar-refractivity contribution is 7.41. The van der Waals surface area contributed by atoms with Crippen molar-refractivity contribution in [3.63, 3.8) is 0 Å². The van der Waals surface area contributed by atoms with Crippen molar-refractivity contribution in [2.45, 2.75) is 0 Å². The standard InChI is InChI=1S/C25B2N/c1-2-4-7-8-3(1)9-12-5(1)11-6(2)13-10(4)16-14(7)21-15(8)17(9)23-25-19(12)18(11)24-20(13)22(16)27(26(21)23)28(24)25. The van der Waals surface area contributed by atoms with Crippen LogP contribution in [0.3, 0.4) is 0 Å². The summed E-state index contributed by atoms with van der Waals surface area (Å²) in [5.41, 5.74) is 10.3. The molecule has 12 rings (SSSR count). The molecule has 111 valence electrons. The average Bonchev–Trinajstić information content (AvgIpc) is 3.51. The molecule has 0 amide bonds. The zero-order valence-electron chi connectivity index (χ0n) is 14.1. The maximum Gasteiger partial charge on any atom is 0.311 e. The van der Waals surface area contributed by atoms with Gasteiger partial charge in [0.15, 0.2) is 5.69 Å². The molecular weight excluding hydrogens is 336 g/mol. The molecule has 1 nitrogen and oxygen atoms in total. The Morgan fingerprint density at radius 1 is 0.500 bits per heavy atom. The van der Waals surface area contributed by atoms with Crippen LogP contribution in [0.25, 0.3) is 114 Å². The minimum atomic E-state index is 0.587. The zero-order chi connectivity index (χ0) is 16.2. The number of benzene rings is 2. The Kier molecular flexibility index (Phi) is 0.618. The molecule has 8 aromatic carbocycles. The van der Waals surface area contributed by atoms with E-state index in [2.05, 4.69) is 4.48 Å². The SMILES string of the molecule is B12[B-]3C4=c5c6c3c3c7c1c1c8c7c7c3c6c3c5c5c6c4[n+]2c-1c6c1c8c7c3c51. The van der Waals surface area contributed by atoms with E-state index >= 15 is 0 Å². The summed E-state index contributed by atoms with van der Waals surface area (Å²) in [5, 5.41) is 32.0. The zero-order valence-corrected chi connectivity index (χ0v) is 14.1. The van der Waals surface area contributed by atoms with E-state index in [0.717, 1.165) is 0 Å². The van der Waals surface area contributed by atoms with E-state index in [9.17, 15) is 0 Å². The highest BCUT2D eigenvalue weighted by Gasteiger charge is 2.62. The Labute approximate surface area is 153 Å². The fourth-order valence-electron chi connectivity index (χ4n) is 10.9. The molecule has 1 aromatic heterocycles. The number of aromatic nitrogens is 1. The maximum atomic E-state index is 2.85. The molecular formula is C25B2N. The first kappa shape index (κ1) is 9.25. The molecule has 0 N–H and O–H groups in total. The lowest BCUT2D eigenvalue weighted by atomic mass is 9.09. The molecule has 1 radical (unpaired) electrons. The van der Waals surface area contributed by atoms with Crippen molar-refractivity contribution >= 4 is 127 Å². The summed E-state index contributed by atoms with van der Waals surface area (Å²) < 4.78 is 2.85. The summed E-state index contributed by atoms with van der Waals surface area (Å²) in [6, 6.07) is 0. The molecule has 4 heterocycles. The maximum absolute atomic E-state index is 2.85. The molecule has 0 fully saturated rings. The molecule has 0 atom stereocenters. The molecule has 0 unspecified atom stereocenters. The molecule has 3 aliphatic heterocycles. The van der Waals surface area contributed by atoms with Crippen molar-refractivity contribution in [1.29, 1.82) is 0 Å². The van der Waals surface area contributed by atoms with E-state index in [1.807, 2.05) is 0 Å². The molecule has 3 aliphatic rings. The highest BCUT2D eigenvalue weighted by atomic mass is 15.0. The van der Waals surface area contributed by atoms with Crippen LogP contribution in [0.2, 0.25) is 0 Å². The van der Waals surface area contributed by atoms with E-state index in [1.54, 1.807) is 136 Å². The van der Waals surface area contributed by atoms with Crippen molar-refractivity contribution in [3.05, 3.63) is 10.9 Å². The van der Waals surface area contributed by atoms with Gasteiger partial charge in [0.2, 0.25) is 0 Å². The third kappa shape index (κ3) is 0.393. The fourth-order valence-corrected chi connectivity index (χ4v) is 10.9. The molecule has 0 spiro atoms. The van der Waals surface area contributed by atoms with Crippen LogP contribution in [-0.2, 0) is 0 Å². The third-order valence-electron chi connectivity index (χ3n) is 10.8. The van der Waals surface area contributed by atoms with Crippen LogP contribution < -0.4 is 20.6 Å². The largest absolute Gasteiger partial charge is 0.311 e. The van der Waals surface area contributed by atoms with E-state index in [0.29, 0.717) is 13.3 Å². The predicted octanol–water partition coefficient (Wildman–Crippen LogP) is 2.47. The fraction of sp³-hybridized carbons (Fsp3) is 0. The lowest BCUT2D eigenvalue weighted by Crippen LogP contribution is -2.64. The number of rotatable bonds is 0. The number of hydrogen-bond acceptors (Lipinski definition) is 0. The predicted molar refractivity (Wildman–Crippen MR) is 117 cm³/mol. The van der Waals surface area contributed by atoms with Crippen molar-refractivity contribution in [2.24, 2.45) is 0 Å². The summed E-state index contributed by atoms with van der Waals surface area (Å²) >= 11 is 0. The lowest BCUT2D eigenvalue weighted by molar-refractivity contribution is -0.510. The third-order valence-corrected chi connectivity index (χ3v) is 10.8. The van der Waals surface area contributed by atoms with Gasteiger partial charge in [0.05, 0.1) is 16.3 Å². The Bertz CT molecular complexity index is 2650. The number of nitrogens with zero attached hydrogens (tertiary/aromatic N) is 1. The van der Waals surface area contributed by atoms with Gasteiger partial charge in [-0.2, -0.15) is 5.47 Å². The van der Waals surface area contributed by atoms with Crippen molar-refractivity contribution < 1.29 is 4.48 Å². The van der Waals surface area contributed by atoms with Gasteiger partial charge in [-0.1, -0.05) is 0 Å². The van der Waals surface area contributed by atoms with Crippen LogP contribution in [-0.4, -0.2) is 13.3 Å². The van der Waals surface area contributed by atoms with Gasteiger partial charge in [-0.05, 0) is 59.2 Å². The molecule has 9 aromatic rings. The van der Waals surface area contributed by atoms with Crippen LogP contribution in [0.1, 0.15) is 5.69 Å². The van der Waals surface area contributed by atoms with E-state index in [4.69, 9.17) is 0 Å². The first-order chi connectivity index (χ1) is 14.0. The molecule has 28 heavy (non-hydrogen) atoms. The number of hydrogen-bond donors (Lipinski definition) is 0. The second kappa shape index (κ2) is 1.87. The first-order valence-corrected chi connectivity index (χ1v) is 10.7. The molecule has 3 heteroatoms. The smallest absolute Gasteiger partial charge is 0.309 e. The van der Waals surface area contributed by atoms with Crippen LogP contribution in [0.15, 0.2) is 0 Å². The normalized spacial score (nSPS) is 20.6. The van der Waals surface area contributed by atoms with E-state index < -0.39 is 0 Å². The second-order valence-corrected chi connectivity index (χ2v) is 10.7. The Balaban J connectivity index is 1.83. The van der Waals surface area contributed by atoms with E-state index in [-0.39, 0.29) is 0 Å². The Morgan fingerprint density at radius 2 is 1.11 bits per heavy atom. The van der Waals surface area contributed by atoms with Gasteiger partial charge in [0.25, 0.3) is 0 Å². The molecule has 0 saturated heterocycles. The van der Waals surface area contributed by atoms with Gasteiger partial charge < -0.3 is 4.48 Å². The molecule has 0 aliphatic carbocycles. The van der Waals surface area contributed by atoms with E-state index in [1.165, 1.54) is 0 Å². The second-order valence-electron chi connectivity index (χ2n) is 10.7. The monoisotopic (exact) mass is 336 g/mol. The topological polar surface area (TPSA) is 3.88 Å². The highest BCUT2D eigenvalue weighted by Crippen LogP contribution is 2.70. The Morgan fingerprint density at radius 3 is 2.00 bits per heavy atom. The lowest BCUT2D eigenvalue weighted by Gasteiger charge is -2.22. The minimum Gasteiger partial charge on any atom is -0.309 e.